The molecule has 0 aliphatic rings. The van der Waals surface area contributed by atoms with E-state index in [1.54, 1.807) is 18.2 Å². The Balaban J connectivity index is 2.57. The van der Waals surface area contributed by atoms with Crippen molar-refractivity contribution in [3.05, 3.63) is 59.1 Å². The number of halogens is 1. The quantitative estimate of drug-likeness (QED) is 0.864. The molecule has 0 bridgehead atoms. The number of carbonyl (C=O) groups excluding carboxylic acids is 1. The first kappa shape index (κ1) is 16.5. The number of ether oxygens (including phenoxy) is 1. The monoisotopic (exact) mass is 340 g/mol. The van der Waals surface area contributed by atoms with Crippen LogP contribution in [0.3, 0.4) is 0 Å². The van der Waals surface area contributed by atoms with Gasteiger partial charge in [-0.1, -0.05) is 41.9 Å². The summed E-state index contributed by atoms with van der Waals surface area (Å²) < 4.78 is 29.6. The van der Waals surface area contributed by atoms with Gasteiger partial charge in [-0.3, -0.25) is 0 Å². The van der Waals surface area contributed by atoms with Gasteiger partial charge in [0, 0.05) is 5.56 Å². The summed E-state index contributed by atoms with van der Waals surface area (Å²) in [5, 5.41) is 9.67. The lowest BCUT2D eigenvalue weighted by atomic mass is 10.1. The topological polar surface area (TPSA) is 80.7 Å². The van der Waals surface area contributed by atoms with Crippen LogP contribution in [0.2, 0.25) is 5.02 Å². The fraction of sp³-hybridized carbons (Fsp3) is 0.133. The first-order valence-corrected chi connectivity index (χ1v) is 8.10. The van der Waals surface area contributed by atoms with Gasteiger partial charge in [0.05, 0.1) is 21.9 Å². The molecule has 0 aliphatic carbocycles. The van der Waals surface area contributed by atoms with Crippen LogP contribution in [0.4, 0.5) is 0 Å². The summed E-state index contributed by atoms with van der Waals surface area (Å²) in [6.45, 7) is 0. The van der Waals surface area contributed by atoms with E-state index in [0.717, 1.165) is 7.11 Å². The molecule has 0 heterocycles. The van der Waals surface area contributed by atoms with Crippen LogP contribution in [0, 0.1) is 0 Å². The fourth-order valence-electron chi connectivity index (χ4n) is 1.91. The van der Waals surface area contributed by atoms with Crippen LogP contribution >= 0.6 is 11.6 Å². The highest BCUT2D eigenvalue weighted by Gasteiger charge is 2.27. The third-order valence-corrected chi connectivity index (χ3v) is 5.40. The van der Waals surface area contributed by atoms with E-state index in [4.69, 9.17) is 11.6 Å². The highest BCUT2D eigenvalue weighted by molar-refractivity contribution is 7.91. The van der Waals surface area contributed by atoms with Crippen molar-refractivity contribution in [1.82, 2.24) is 0 Å². The van der Waals surface area contributed by atoms with Crippen molar-refractivity contribution in [1.29, 1.82) is 0 Å². The zero-order valence-corrected chi connectivity index (χ0v) is 13.1. The number of esters is 1. The molecule has 0 spiro atoms. The molecule has 1 atom stereocenters. The summed E-state index contributed by atoms with van der Waals surface area (Å²) in [6, 6.07) is 11.8. The molecule has 2 rings (SSSR count). The number of aliphatic hydroxyl groups excluding tert-OH is 1. The maximum absolute atomic E-state index is 12.6. The molecule has 1 N–H and O–H groups in total. The van der Waals surface area contributed by atoms with Crippen molar-refractivity contribution in [2.45, 2.75) is 15.9 Å². The van der Waals surface area contributed by atoms with E-state index >= 15 is 0 Å². The molecule has 2 aromatic carbocycles. The van der Waals surface area contributed by atoms with Crippen molar-refractivity contribution in [3.8, 4) is 0 Å². The predicted octanol–water partition coefficient (Wildman–Crippen LogP) is 2.38. The van der Waals surface area contributed by atoms with Gasteiger partial charge in [0.1, 0.15) is 0 Å². The van der Waals surface area contributed by atoms with E-state index < -0.39 is 21.9 Å². The molecule has 116 valence electrons. The largest absolute Gasteiger partial charge is 0.467 e. The summed E-state index contributed by atoms with van der Waals surface area (Å²) >= 11 is 6.09. The fourth-order valence-corrected chi connectivity index (χ4v) is 3.83. The third-order valence-electron chi connectivity index (χ3n) is 3.06. The van der Waals surface area contributed by atoms with Gasteiger partial charge in [-0.15, -0.1) is 0 Å². The molecule has 7 heteroatoms. The highest BCUT2D eigenvalue weighted by Crippen LogP contribution is 2.33. The van der Waals surface area contributed by atoms with Gasteiger partial charge in [-0.05, 0) is 18.2 Å². The van der Waals surface area contributed by atoms with Crippen molar-refractivity contribution in [3.63, 3.8) is 0 Å². The smallest absolute Gasteiger partial charge is 0.339 e. The molecular weight excluding hydrogens is 328 g/mol. The van der Waals surface area contributed by atoms with E-state index in [9.17, 15) is 18.3 Å². The maximum atomic E-state index is 12.6. The van der Waals surface area contributed by atoms with Gasteiger partial charge in [0.15, 0.2) is 6.10 Å². The molecule has 0 aliphatic heterocycles. The molecule has 0 saturated carbocycles. The summed E-state index contributed by atoms with van der Waals surface area (Å²) in [4.78, 5) is 11.3. The summed E-state index contributed by atoms with van der Waals surface area (Å²) in [7, 11) is -2.74. The zero-order chi connectivity index (χ0) is 16.3. The number of benzene rings is 2. The molecule has 0 aromatic heterocycles. The van der Waals surface area contributed by atoms with E-state index in [1.807, 2.05) is 0 Å². The van der Waals surface area contributed by atoms with E-state index in [0.29, 0.717) is 0 Å². The van der Waals surface area contributed by atoms with Gasteiger partial charge in [0.2, 0.25) is 9.84 Å². The summed E-state index contributed by atoms with van der Waals surface area (Å²) in [6.07, 6.45) is -1.65. The lowest BCUT2D eigenvalue weighted by molar-refractivity contribution is -0.150. The Hall–Kier alpha value is -1.89. The normalized spacial score (nSPS) is 12.7. The number of rotatable bonds is 4. The van der Waals surface area contributed by atoms with Crippen LogP contribution in [0.25, 0.3) is 0 Å². The minimum Gasteiger partial charge on any atom is -0.467 e. The Kier molecular flexibility index (Phi) is 4.85. The number of hydrogen-bond donors (Lipinski definition) is 1. The first-order chi connectivity index (χ1) is 10.4. The van der Waals surface area contributed by atoms with E-state index in [-0.39, 0.29) is 20.4 Å². The summed E-state index contributed by atoms with van der Waals surface area (Å²) in [5.41, 5.74) is -0.0227. The molecule has 0 radical (unpaired) electrons. The van der Waals surface area contributed by atoms with Crippen molar-refractivity contribution in [2.24, 2.45) is 0 Å². The van der Waals surface area contributed by atoms with Crippen molar-refractivity contribution >= 4 is 27.4 Å². The van der Waals surface area contributed by atoms with Gasteiger partial charge in [-0.2, -0.15) is 0 Å². The van der Waals surface area contributed by atoms with E-state index in [2.05, 4.69) is 4.74 Å². The second kappa shape index (κ2) is 6.48. The molecule has 22 heavy (non-hydrogen) atoms. The molecular formula is C15H13ClO5S. The number of sulfone groups is 1. The summed E-state index contributed by atoms with van der Waals surface area (Å²) in [5.74, 6) is -0.920. The third kappa shape index (κ3) is 2.99. The average molecular weight is 341 g/mol. The minimum absolute atomic E-state index is 0.0227. The van der Waals surface area contributed by atoms with Crippen LogP contribution in [-0.2, 0) is 19.4 Å². The standard InChI is InChI=1S/C15H13ClO5S/c1-21-15(18)14(17)11-8-5-9-12(13(11)16)22(19,20)10-6-3-2-4-7-10/h2-9,14,17H,1H3. The van der Waals surface area contributed by atoms with Crippen molar-refractivity contribution < 1.29 is 23.1 Å². The van der Waals surface area contributed by atoms with Crippen LogP contribution in [0.15, 0.2) is 58.3 Å². The average Bonchev–Trinajstić information content (AvgIpc) is 2.54. The second-order valence-electron chi connectivity index (χ2n) is 4.40. The minimum atomic E-state index is -3.85. The van der Waals surface area contributed by atoms with E-state index in [1.165, 1.54) is 30.3 Å². The second-order valence-corrected chi connectivity index (χ2v) is 6.70. The lowest BCUT2D eigenvalue weighted by Gasteiger charge is -2.13. The number of aliphatic hydroxyl groups is 1. The van der Waals surface area contributed by atoms with Gasteiger partial charge < -0.3 is 9.84 Å². The Labute approximate surface area is 133 Å². The molecule has 1 unspecified atom stereocenters. The SMILES string of the molecule is COC(=O)C(O)c1cccc(S(=O)(=O)c2ccccc2)c1Cl. The molecule has 5 nitrogen and oxygen atoms in total. The Bertz CT molecular complexity index is 787. The molecule has 2 aromatic rings. The van der Waals surface area contributed by atoms with Crippen LogP contribution in [-0.4, -0.2) is 26.6 Å². The maximum Gasteiger partial charge on any atom is 0.339 e. The van der Waals surface area contributed by atoms with Crippen LogP contribution in [0.1, 0.15) is 11.7 Å². The van der Waals surface area contributed by atoms with Crippen LogP contribution < -0.4 is 0 Å². The van der Waals surface area contributed by atoms with Gasteiger partial charge in [0.25, 0.3) is 0 Å². The Morgan fingerprint density at radius 3 is 2.36 bits per heavy atom. The van der Waals surface area contributed by atoms with Crippen molar-refractivity contribution in [2.75, 3.05) is 7.11 Å². The van der Waals surface area contributed by atoms with Gasteiger partial charge in [-0.25, -0.2) is 13.2 Å². The molecule has 0 amide bonds. The number of hydrogen-bond acceptors (Lipinski definition) is 5. The van der Waals surface area contributed by atoms with Gasteiger partial charge >= 0.3 is 5.97 Å². The molecule has 0 saturated heterocycles. The number of carbonyl (C=O) groups is 1. The van der Waals surface area contributed by atoms with Crippen LogP contribution in [0.5, 0.6) is 0 Å². The number of methoxy groups -OCH3 is 1. The Morgan fingerprint density at radius 2 is 1.77 bits per heavy atom. The molecule has 0 fully saturated rings. The first-order valence-electron chi connectivity index (χ1n) is 6.24. The Morgan fingerprint density at radius 1 is 1.14 bits per heavy atom. The highest BCUT2D eigenvalue weighted by atomic mass is 35.5. The predicted molar refractivity (Wildman–Crippen MR) is 80.3 cm³/mol. The zero-order valence-electron chi connectivity index (χ0n) is 11.6. The lowest BCUT2D eigenvalue weighted by Crippen LogP contribution is -2.15.